The maximum absolute atomic E-state index is 13.7. The van der Waals surface area contributed by atoms with E-state index in [2.05, 4.69) is 11.0 Å². The molecule has 0 aliphatic carbocycles. The molecule has 1 aliphatic heterocycles. The smallest absolute Gasteiger partial charge is 0.128 e. The molecule has 0 aromatic heterocycles. The number of halogens is 1. The Hall–Kier alpha value is -2.03. The molecule has 0 spiro atoms. The van der Waals surface area contributed by atoms with Crippen LogP contribution in [0.15, 0.2) is 42.5 Å². The lowest BCUT2D eigenvalue weighted by Gasteiger charge is -2.21. The van der Waals surface area contributed by atoms with Gasteiger partial charge in [-0.15, -0.1) is 0 Å². The molecule has 0 bridgehead atoms. The number of hydrogen-bond acceptors (Lipinski definition) is 2. The predicted molar refractivity (Wildman–Crippen MR) is 72.0 cm³/mol. The van der Waals surface area contributed by atoms with Crippen LogP contribution in [0.2, 0.25) is 0 Å². The Labute approximate surface area is 106 Å². The van der Waals surface area contributed by atoms with E-state index in [1.165, 1.54) is 11.6 Å². The zero-order valence-electron chi connectivity index (χ0n) is 10.1. The second-order valence-corrected chi connectivity index (χ2v) is 4.62. The van der Waals surface area contributed by atoms with Gasteiger partial charge in [-0.3, -0.25) is 0 Å². The van der Waals surface area contributed by atoms with Crippen LogP contribution in [0.25, 0.3) is 0 Å². The lowest BCUT2D eigenvalue weighted by molar-refractivity contribution is 0.606. The van der Waals surface area contributed by atoms with E-state index in [-0.39, 0.29) is 5.82 Å². The number of rotatable bonds is 2. The highest BCUT2D eigenvalue weighted by Crippen LogP contribution is 2.34. The summed E-state index contributed by atoms with van der Waals surface area (Å²) in [6.07, 6.45) is 0.981. The normalized spacial score (nSPS) is 13.7. The van der Waals surface area contributed by atoms with E-state index in [4.69, 9.17) is 5.73 Å². The Kier molecular flexibility index (Phi) is 2.67. The summed E-state index contributed by atoms with van der Waals surface area (Å²) in [5.41, 5.74) is 9.84. The zero-order valence-corrected chi connectivity index (χ0v) is 10.1. The van der Waals surface area contributed by atoms with Gasteiger partial charge < -0.3 is 10.6 Å². The third-order valence-electron chi connectivity index (χ3n) is 3.44. The largest absolute Gasteiger partial charge is 0.397 e. The van der Waals surface area contributed by atoms with Crippen molar-refractivity contribution < 1.29 is 4.39 Å². The van der Waals surface area contributed by atoms with Crippen molar-refractivity contribution >= 4 is 11.4 Å². The van der Waals surface area contributed by atoms with Gasteiger partial charge in [0.25, 0.3) is 0 Å². The highest BCUT2D eigenvalue weighted by molar-refractivity contribution is 5.74. The minimum Gasteiger partial charge on any atom is -0.397 e. The second kappa shape index (κ2) is 4.33. The molecule has 18 heavy (non-hydrogen) atoms. The van der Waals surface area contributed by atoms with E-state index in [9.17, 15) is 4.39 Å². The van der Waals surface area contributed by atoms with Crippen molar-refractivity contribution in [3.63, 3.8) is 0 Å². The molecular formula is C15H15FN2. The topological polar surface area (TPSA) is 29.3 Å². The van der Waals surface area contributed by atoms with Crippen LogP contribution in [0, 0.1) is 5.82 Å². The Morgan fingerprint density at radius 1 is 1.11 bits per heavy atom. The Balaban J connectivity index is 1.92. The summed E-state index contributed by atoms with van der Waals surface area (Å²) >= 11 is 0. The molecule has 2 nitrogen and oxygen atoms in total. The first-order valence-electron chi connectivity index (χ1n) is 6.11. The van der Waals surface area contributed by atoms with Crippen molar-refractivity contribution in [2.45, 2.75) is 13.0 Å². The first-order valence-corrected chi connectivity index (χ1v) is 6.11. The fraction of sp³-hybridized carbons (Fsp3) is 0.200. The summed E-state index contributed by atoms with van der Waals surface area (Å²) < 4.78 is 13.7. The highest BCUT2D eigenvalue weighted by Gasteiger charge is 2.21. The molecule has 0 saturated heterocycles. The van der Waals surface area contributed by atoms with Crippen LogP contribution in [0.4, 0.5) is 15.8 Å². The first-order chi connectivity index (χ1) is 8.75. The molecule has 92 valence electrons. The van der Waals surface area contributed by atoms with E-state index in [0.717, 1.165) is 24.3 Å². The maximum Gasteiger partial charge on any atom is 0.128 e. The van der Waals surface area contributed by atoms with E-state index in [1.54, 1.807) is 6.07 Å². The Bertz CT molecular complexity index is 580. The standard InChI is InChI=1S/C15H15FN2/c16-13-6-2-1-4-12(13)10-18-9-8-11-5-3-7-14(17)15(11)18/h1-7H,8-10,17H2. The van der Waals surface area contributed by atoms with Crippen LogP contribution in [0.3, 0.4) is 0 Å². The monoisotopic (exact) mass is 242 g/mol. The summed E-state index contributed by atoms with van der Waals surface area (Å²) in [6.45, 7) is 1.48. The predicted octanol–water partition coefficient (Wildman–Crippen LogP) is 2.97. The van der Waals surface area contributed by atoms with Crippen molar-refractivity contribution in [1.29, 1.82) is 0 Å². The number of anilines is 2. The zero-order chi connectivity index (χ0) is 12.5. The van der Waals surface area contributed by atoms with Crippen molar-refractivity contribution in [2.75, 3.05) is 17.2 Å². The number of benzene rings is 2. The van der Waals surface area contributed by atoms with Gasteiger partial charge in [0, 0.05) is 18.7 Å². The summed E-state index contributed by atoms with van der Waals surface area (Å²) in [5.74, 6) is -0.152. The van der Waals surface area contributed by atoms with E-state index in [0.29, 0.717) is 12.1 Å². The van der Waals surface area contributed by atoms with Crippen LogP contribution >= 0.6 is 0 Å². The third-order valence-corrected chi connectivity index (χ3v) is 3.44. The molecular weight excluding hydrogens is 227 g/mol. The molecule has 1 heterocycles. The van der Waals surface area contributed by atoms with Gasteiger partial charge >= 0.3 is 0 Å². The fourth-order valence-electron chi connectivity index (χ4n) is 2.56. The number of nitrogens with zero attached hydrogens (tertiary/aromatic N) is 1. The number of nitrogens with two attached hydrogens (primary N) is 1. The lowest BCUT2D eigenvalue weighted by Crippen LogP contribution is -2.21. The molecule has 0 fully saturated rings. The summed E-state index contributed by atoms with van der Waals surface area (Å²) in [7, 11) is 0. The molecule has 1 aliphatic rings. The first kappa shape index (κ1) is 11.1. The lowest BCUT2D eigenvalue weighted by atomic mass is 10.1. The molecule has 0 amide bonds. The van der Waals surface area contributed by atoms with E-state index in [1.807, 2.05) is 24.3 Å². The van der Waals surface area contributed by atoms with Crippen molar-refractivity contribution in [1.82, 2.24) is 0 Å². The molecule has 2 N–H and O–H groups in total. The van der Waals surface area contributed by atoms with Gasteiger partial charge in [0.2, 0.25) is 0 Å². The maximum atomic E-state index is 13.7. The summed E-state index contributed by atoms with van der Waals surface area (Å²) in [4.78, 5) is 2.16. The molecule has 2 aromatic rings. The van der Waals surface area contributed by atoms with Crippen LogP contribution < -0.4 is 10.6 Å². The molecule has 0 radical (unpaired) electrons. The molecule has 3 heteroatoms. The molecule has 2 aromatic carbocycles. The Morgan fingerprint density at radius 2 is 1.94 bits per heavy atom. The van der Waals surface area contributed by atoms with Crippen molar-refractivity contribution in [3.05, 3.63) is 59.4 Å². The number of para-hydroxylation sites is 1. The highest BCUT2D eigenvalue weighted by atomic mass is 19.1. The second-order valence-electron chi connectivity index (χ2n) is 4.62. The number of fused-ring (bicyclic) bond motifs is 1. The minimum absolute atomic E-state index is 0.152. The average molecular weight is 242 g/mol. The van der Waals surface area contributed by atoms with Gasteiger partial charge in [-0.05, 0) is 24.1 Å². The SMILES string of the molecule is Nc1cccc2c1N(Cc1ccccc1F)CC2. The van der Waals surface area contributed by atoms with E-state index < -0.39 is 0 Å². The molecule has 0 unspecified atom stereocenters. The van der Waals surface area contributed by atoms with Crippen LogP contribution in [-0.2, 0) is 13.0 Å². The van der Waals surface area contributed by atoms with Crippen LogP contribution in [0.5, 0.6) is 0 Å². The van der Waals surface area contributed by atoms with Gasteiger partial charge in [0.15, 0.2) is 0 Å². The fourth-order valence-corrected chi connectivity index (χ4v) is 2.56. The van der Waals surface area contributed by atoms with Crippen LogP contribution in [-0.4, -0.2) is 6.54 Å². The van der Waals surface area contributed by atoms with Crippen LogP contribution in [0.1, 0.15) is 11.1 Å². The van der Waals surface area contributed by atoms with Crippen molar-refractivity contribution in [3.8, 4) is 0 Å². The summed E-state index contributed by atoms with van der Waals surface area (Å²) in [6, 6.07) is 12.9. The molecule has 0 atom stereocenters. The van der Waals surface area contributed by atoms with E-state index >= 15 is 0 Å². The van der Waals surface area contributed by atoms with Gasteiger partial charge in [0.1, 0.15) is 5.82 Å². The summed E-state index contributed by atoms with van der Waals surface area (Å²) in [5, 5.41) is 0. The van der Waals surface area contributed by atoms with Gasteiger partial charge in [-0.2, -0.15) is 0 Å². The molecule has 0 saturated carbocycles. The number of hydrogen-bond donors (Lipinski definition) is 1. The quantitative estimate of drug-likeness (QED) is 0.820. The Morgan fingerprint density at radius 3 is 2.78 bits per heavy atom. The minimum atomic E-state index is -0.152. The van der Waals surface area contributed by atoms with Gasteiger partial charge in [-0.25, -0.2) is 4.39 Å². The van der Waals surface area contributed by atoms with Gasteiger partial charge in [0.05, 0.1) is 11.4 Å². The van der Waals surface area contributed by atoms with Crippen molar-refractivity contribution in [2.24, 2.45) is 0 Å². The number of nitrogen functional groups attached to an aromatic ring is 1. The molecule has 3 rings (SSSR count). The third kappa shape index (κ3) is 1.82. The average Bonchev–Trinajstić information content (AvgIpc) is 2.77. The van der Waals surface area contributed by atoms with Gasteiger partial charge in [-0.1, -0.05) is 30.3 Å².